The summed E-state index contributed by atoms with van der Waals surface area (Å²) in [6.45, 7) is 0. The smallest absolute Gasteiger partial charge is 0.123 e. The Hall–Kier alpha value is -1.58. The average molecular weight is 290 g/mol. The Morgan fingerprint density at radius 2 is 1.95 bits per heavy atom. The molecule has 3 rings (SSSR count). The van der Waals surface area contributed by atoms with Crippen molar-refractivity contribution in [3.63, 3.8) is 0 Å². The number of methoxy groups -OCH3 is 1. The summed E-state index contributed by atoms with van der Waals surface area (Å²) in [5.41, 5.74) is 2.05. The summed E-state index contributed by atoms with van der Waals surface area (Å²) in [5, 5.41) is 5.35. The molecule has 0 aliphatic carbocycles. The van der Waals surface area contributed by atoms with E-state index in [0.717, 1.165) is 27.4 Å². The molecule has 4 heteroatoms. The van der Waals surface area contributed by atoms with Crippen LogP contribution in [0.4, 0.5) is 0 Å². The summed E-state index contributed by atoms with van der Waals surface area (Å²) in [5.74, 6) is 1.33. The Labute approximate surface area is 120 Å². The minimum Gasteiger partial charge on any atom is -0.497 e. The van der Waals surface area contributed by atoms with Gasteiger partial charge in [-0.2, -0.15) is 0 Å². The summed E-state index contributed by atoms with van der Waals surface area (Å²) in [6, 6.07) is 12.4. The number of aromatic nitrogens is 1. The second-order valence-electron chi connectivity index (χ2n) is 4.21. The molecule has 0 spiro atoms. The van der Waals surface area contributed by atoms with E-state index >= 15 is 0 Å². The monoisotopic (exact) mass is 289 g/mol. The first-order chi connectivity index (χ1) is 9.30. The van der Waals surface area contributed by atoms with E-state index in [1.165, 1.54) is 5.39 Å². The van der Waals surface area contributed by atoms with E-state index in [0.29, 0.717) is 5.88 Å². The molecule has 2 aromatic carbocycles. The molecule has 0 atom stereocenters. The fourth-order valence-corrected chi connectivity index (χ4v) is 3.03. The van der Waals surface area contributed by atoms with E-state index in [2.05, 4.69) is 29.2 Å². The lowest BCUT2D eigenvalue weighted by Gasteiger charge is -2.04. The Morgan fingerprint density at radius 3 is 2.68 bits per heavy atom. The number of rotatable bonds is 3. The third-order valence-electron chi connectivity index (χ3n) is 2.98. The van der Waals surface area contributed by atoms with Crippen LogP contribution in [0, 0.1) is 0 Å². The number of benzene rings is 2. The lowest BCUT2D eigenvalue weighted by atomic mass is 10.1. The second kappa shape index (κ2) is 5.19. The van der Waals surface area contributed by atoms with Crippen LogP contribution in [0.25, 0.3) is 21.3 Å². The molecule has 1 heterocycles. The molecule has 96 valence electrons. The highest BCUT2D eigenvalue weighted by Gasteiger charge is 2.05. The summed E-state index contributed by atoms with van der Waals surface area (Å²) in [7, 11) is 1.68. The van der Waals surface area contributed by atoms with Gasteiger partial charge < -0.3 is 4.74 Å². The molecule has 0 radical (unpaired) electrons. The van der Waals surface area contributed by atoms with Crippen LogP contribution in [0.15, 0.2) is 41.8 Å². The van der Waals surface area contributed by atoms with E-state index in [-0.39, 0.29) is 0 Å². The molecule has 0 bridgehead atoms. The third kappa shape index (κ3) is 2.44. The molecule has 0 aliphatic rings. The third-order valence-corrected chi connectivity index (χ3v) is 4.20. The highest BCUT2D eigenvalue weighted by molar-refractivity contribution is 7.13. The molecule has 0 amide bonds. The molecule has 0 aliphatic heterocycles. The van der Waals surface area contributed by atoms with E-state index < -0.39 is 0 Å². The first-order valence-corrected chi connectivity index (χ1v) is 7.30. The normalized spacial score (nSPS) is 10.8. The van der Waals surface area contributed by atoms with Gasteiger partial charge in [0.2, 0.25) is 0 Å². The van der Waals surface area contributed by atoms with Crippen molar-refractivity contribution >= 4 is 33.7 Å². The van der Waals surface area contributed by atoms with Crippen LogP contribution < -0.4 is 4.74 Å². The standard InChI is InChI=1S/C15H12ClNOS/c1-18-14-5-4-10-6-12(3-2-11(10)7-14)15-17-13(8-16)9-19-15/h2-7,9H,8H2,1H3. The van der Waals surface area contributed by atoms with E-state index in [1.54, 1.807) is 18.4 Å². The first-order valence-electron chi connectivity index (χ1n) is 5.88. The summed E-state index contributed by atoms with van der Waals surface area (Å²) in [6.07, 6.45) is 0. The van der Waals surface area contributed by atoms with Crippen LogP contribution in [0.2, 0.25) is 0 Å². The van der Waals surface area contributed by atoms with Gasteiger partial charge in [0.15, 0.2) is 0 Å². The quantitative estimate of drug-likeness (QED) is 0.651. The molecule has 19 heavy (non-hydrogen) atoms. The first kappa shape index (κ1) is 12.5. The maximum atomic E-state index is 5.79. The largest absolute Gasteiger partial charge is 0.497 e. The lowest BCUT2D eigenvalue weighted by Crippen LogP contribution is -1.83. The van der Waals surface area contributed by atoms with Crippen LogP contribution >= 0.6 is 22.9 Å². The van der Waals surface area contributed by atoms with Crippen molar-refractivity contribution in [3.8, 4) is 16.3 Å². The van der Waals surface area contributed by atoms with E-state index in [9.17, 15) is 0 Å². The summed E-state index contributed by atoms with van der Waals surface area (Å²) < 4.78 is 5.23. The van der Waals surface area contributed by atoms with Crippen molar-refractivity contribution in [1.29, 1.82) is 0 Å². The van der Waals surface area contributed by atoms with Gasteiger partial charge in [0, 0.05) is 10.9 Å². The molecular weight excluding hydrogens is 278 g/mol. The van der Waals surface area contributed by atoms with Crippen molar-refractivity contribution < 1.29 is 4.74 Å². The van der Waals surface area contributed by atoms with Crippen molar-refractivity contribution in [2.24, 2.45) is 0 Å². The molecule has 0 saturated carbocycles. The van der Waals surface area contributed by atoms with Crippen molar-refractivity contribution in [2.45, 2.75) is 5.88 Å². The lowest BCUT2D eigenvalue weighted by molar-refractivity contribution is 0.415. The molecular formula is C15H12ClNOS. The number of hydrogen-bond donors (Lipinski definition) is 0. The van der Waals surface area contributed by atoms with Crippen LogP contribution in [-0.4, -0.2) is 12.1 Å². The molecule has 2 nitrogen and oxygen atoms in total. The van der Waals surface area contributed by atoms with Gasteiger partial charge in [-0.05, 0) is 29.0 Å². The molecule has 0 fully saturated rings. The van der Waals surface area contributed by atoms with Crippen LogP contribution in [0.3, 0.4) is 0 Å². The van der Waals surface area contributed by atoms with Gasteiger partial charge in [-0.15, -0.1) is 22.9 Å². The Bertz CT molecular complexity index is 723. The highest BCUT2D eigenvalue weighted by atomic mass is 35.5. The highest BCUT2D eigenvalue weighted by Crippen LogP contribution is 2.29. The second-order valence-corrected chi connectivity index (χ2v) is 5.33. The van der Waals surface area contributed by atoms with Gasteiger partial charge in [-0.25, -0.2) is 4.98 Å². The Morgan fingerprint density at radius 1 is 1.16 bits per heavy atom. The van der Waals surface area contributed by atoms with Gasteiger partial charge in [0.05, 0.1) is 18.7 Å². The van der Waals surface area contributed by atoms with Gasteiger partial charge in [-0.3, -0.25) is 0 Å². The van der Waals surface area contributed by atoms with Crippen LogP contribution in [-0.2, 0) is 5.88 Å². The van der Waals surface area contributed by atoms with Crippen LogP contribution in [0.1, 0.15) is 5.69 Å². The fraction of sp³-hybridized carbons (Fsp3) is 0.133. The van der Waals surface area contributed by atoms with Gasteiger partial charge in [0.25, 0.3) is 0 Å². The summed E-state index contributed by atoms with van der Waals surface area (Å²) >= 11 is 7.41. The molecule has 0 saturated heterocycles. The minimum atomic E-state index is 0.460. The van der Waals surface area contributed by atoms with Crippen molar-refractivity contribution in [3.05, 3.63) is 47.5 Å². The number of nitrogens with zero attached hydrogens (tertiary/aromatic N) is 1. The van der Waals surface area contributed by atoms with E-state index in [1.807, 2.05) is 17.5 Å². The molecule has 1 aromatic heterocycles. The molecule has 0 unspecified atom stereocenters. The predicted octanol–water partition coefficient (Wildman–Crippen LogP) is 4.71. The molecule has 3 aromatic rings. The SMILES string of the molecule is COc1ccc2cc(-c3nc(CCl)cs3)ccc2c1. The zero-order valence-electron chi connectivity index (χ0n) is 10.4. The maximum absolute atomic E-state index is 5.79. The molecule has 0 N–H and O–H groups in total. The zero-order valence-corrected chi connectivity index (χ0v) is 12.0. The topological polar surface area (TPSA) is 22.1 Å². The average Bonchev–Trinajstić information content (AvgIpc) is 2.95. The number of alkyl halides is 1. The predicted molar refractivity (Wildman–Crippen MR) is 81.2 cm³/mol. The van der Waals surface area contributed by atoms with Crippen molar-refractivity contribution in [2.75, 3.05) is 7.11 Å². The van der Waals surface area contributed by atoms with Crippen LogP contribution in [0.5, 0.6) is 5.75 Å². The maximum Gasteiger partial charge on any atom is 0.123 e. The number of fused-ring (bicyclic) bond motifs is 1. The summed E-state index contributed by atoms with van der Waals surface area (Å²) in [4.78, 5) is 4.50. The van der Waals surface area contributed by atoms with Crippen molar-refractivity contribution in [1.82, 2.24) is 4.98 Å². The van der Waals surface area contributed by atoms with Gasteiger partial charge >= 0.3 is 0 Å². The van der Waals surface area contributed by atoms with Gasteiger partial charge in [-0.1, -0.05) is 18.2 Å². The number of ether oxygens (including phenoxy) is 1. The van der Waals surface area contributed by atoms with Gasteiger partial charge in [0.1, 0.15) is 10.8 Å². The Balaban J connectivity index is 2.06. The fourth-order valence-electron chi connectivity index (χ4n) is 1.98. The van der Waals surface area contributed by atoms with E-state index in [4.69, 9.17) is 16.3 Å². The number of halogens is 1. The number of thiazole rings is 1. The number of hydrogen-bond acceptors (Lipinski definition) is 3. The Kier molecular flexibility index (Phi) is 3.40. The minimum absolute atomic E-state index is 0.460. The zero-order chi connectivity index (χ0) is 13.2.